The first-order chi connectivity index (χ1) is 9.56. The molecular weight excluding hydrogens is 342 g/mol. The quantitative estimate of drug-likeness (QED) is 0.877. The predicted molar refractivity (Wildman–Crippen MR) is 84.3 cm³/mol. The molecule has 0 radical (unpaired) electrons. The van der Waals surface area contributed by atoms with E-state index in [1.165, 1.54) is 0 Å². The highest BCUT2D eigenvalue weighted by Gasteiger charge is 2.16. The number of benzene rings is 2. The molecule has 104 valence electrons. The average molecular weight is 355 g/mol. The molecule has 20 heavy (non-hydrogen) atoms. The monoisotopic (exact) mass is 353 g/mol. The number of ether oxygens (including phenoxy) is 1. The fourth-order valence-corrected chi connectivity index (χ4v) is 2.30. The Balaban J connectivity index is 2.01. The summed E-state index contributed by atoms with van der Waals surface area (Å²) in [6.45, 7) is 1.69. The van der Waals surface area contributed by atoms with E-state index in [1.54, 1.807) is 31.2 Å². The van der Waals surface area contributed by atoms with E-state index in [-0.39, 0.29) is 5.91 Å². The van der Waals surface area contributed by atoms with Crippen molar-refractivity contribution in [1.29, 1.82) is 0 Å². The topological polar surface area (TPSA) is 38.3 Å². The lowest BCUT2D eigenvalue weighted by Gasteiger charge is -2.15. The van der Waals surface area contributed by atoms with Crippen LogP contribution in [0.5, 0.6) is 5.75 Å². The molecule has 2 aromatic rings. The molecule has 2 rings (SSSR count). The van der Waals surface area contributed by atoms with Crippen molar-refractivity contribution in [3.05, 3.63) is 58.0 Å². The summed E-state index contributed by atoms with van der Waals surface area (Å²) in [5, 5.41) is 3.21. The molecule has 0 saturated carbocycles. The second-order valence-electron chi connectivity index (χ2n) is 4.19. The van der Waals surface area contributed by atoms with E-state index in [4.69, 9.17) is 16.3 Å². The maximum atomic E-state index is 12.0. The van der Waals surface area contributed by atoms with Crippen molar-refractivity contribution >= 4 is 39.1 Å². The molecule has 0 heterocycles. The number of carbonyl (C=O) groups is 1. The van der Waals surface area contributed by atoms with Gasteiger partial charge in [-0.1, -0.05) is 45.7 Å². The van der Waals surface area contributed by atoms with Gasteiger partial charge in [0, 0.05) is 4.47 Å². The molecular formula is C15H13BrClNO2. The van der Waals surface area contributed by atoms with Crippen LogP contribution in [-0.2, 0) is 4.79 Å². The number of carbonyl (C=O) groups excluding carboxylic acids is 1. The van der Waals surface area contributed by atoms with Crippen molar-refractivity contribution in [3.63, 3.8) is 0 Å². The highest BCUT2D eigenvalue weighted by Crippen LogP contribution is 2.25. The molecule has 0 saturated heterocycles. The van der Waals surface area contributed by atoms with Gasteiger partial charge in [0.1, 0.15) is 5.75 Å². The van der Waals surface area contributed by atoms with Crippen LogP contribution < -0.4 is 10.1 Å². The first-order valence-corrected chi connectivity index (χ1v) is 7.21. The third kappa shape index (κ3) is 3.99. The summed E-state index contributed by atoms with van der Waals surface area (Å²) < 4.78 is 6.40. The lowest BCUT2D eigenvalue weighted by Crippen LogP contribution is -2.30. The summed E-state index contributed by atoms with van der Waals surface area (Å²) in [6, 6.07) is 14.5. The molecule has 3 nitrogen and oxygen atoms in total. The number of amides is 1. The van der Waals surface area contributed by atoms with Gasteiger partial charge in [0.25, 0.3) is 5.91 Å². The van der Waals surface area contributed by atoms with Crippen molar-refractivity contribution in [2.45, 2.75) is 13.0 Å². The number of halogens is 2. The highest BCUT2D eigenvalue weighted by atomic mass is 79.9. The van der Waals surface area contributed by atoms with Crippen LogP contribution in [0.3, 0.4) is 0 Å². The van der Waals surface area contributed by atoms with Gasteiger partial charge in [0.05, 0.1) is 10.7 Å². The van der Waals surface area contributed by atoms with E-state index in [0.717, 1.165) is 4.47 Å². The third-order valence-corrected chi connectivity index (χ3v) is 3.42. The van der Waals surface area contributed by atoms with Crippen LogP contribution in [0.2, 0.25) is 5.02 Å². The van der Waals surface area contributed by atoms with E-state index in [2.05, 4.69) is 21.2 Å². The lowest BCUT2D eigenvalue weighted by atomic mass is 10.3. The number of hydrogen-bond acceptors (Lipinski definition) is 2. The Hall–Kier alpha value is -1.52. The molecule has 0 aliphatic carbocycles. The van der Waals surface area contributed by atoms with Gasteiger partial charge in [-0.15, -0.1) is 0 Å². The maximum absolute atomic E-state index is 12.0. The van der Waals surface area contributed by atoms with Crippen molar-refractivity contribution in [1.82, 2.24) is 0 Å². The normalized spacial score (nSPS) is 11.8. The minimum absolute atomic E-state index is 0.252. The van der Waals surface area contributed by atoms with Crippen LogP contribution in [0, 0.1) is 0 Å². The van der Waals surface area contributed by atoms with Gasteiger partial charge in [0.2, 0.25) is 0 Å². The van der Waals surface area contributed by atoms with E-state index in [1.807, 2.05) is 24.3 Å². The first kappa shape index (κ1) is 14.9. The van der Waals surface area contributed by atoms with Gasteiger partial charge in [-0.2, -0.15) is 0 Å². The van der Waals surface area contributed by atoms with Crippen LogP contribution in [0.25, 0.3) is 0 Å². The molecule has 1 N–H and O–H groups in total. The Bertz CT molecular complexity index is 604. The van der Waals surface area contributed by atoms with Crippen molar-refractivity contribution in [2.75, 3.05) is 5.32 Å². The van der Waals surface area contributed by atoms with Crippen LogP contribution in [0.4, 0.5) is 5.69 Å². The number of hydrogen-bond donors (Lipinski definition) is 1. The van der Waals surface area contributed by atoms with Crippen LogP contribution in [-0.4, -0.2) is 12.0 Å². The zero-order valence-corrected chi connectivity index (χ0v) is 13.1. The van der Waals surface area contributed by atoms with Crippen molar-refractivity contribution in [2.24, 2.45) is 0 Å². The number of para-hydroxylation sites is 1. The molecule has 0 aliphatic heterocycles. The molecule has 0 spiro atoms. The molecule has 1 atom stereocenters. The molecule has 2 aromatic carbocycles. The maximum Gasteiger partial charge on any atom is 0.265 e. The van der Waals surface area contributed by atoms with Crippen LogP contribution in [0.1, 0.15) is 6.92 Å². The van der Waals surface area contributed by atoms with Gasteiger partial charge in [-0.25, -0.2) is 0 Å². The largest absolute Gasteiger partial charge is 0.481 e. The second kappa shape index (κ2) is 6.77. The number of nitrogens with one attached hydrogen (secondary N) is 1. The molecule has 1 unspecified atom stereocenters. The molecule has 5 heteroatoms. The Kier molecular flexibility index (Phi) is 5.04. The minimum Gasteiger partial charge on any atom is -0.481 e. The average Bonchev–Trinajstić information content (AvgIpc) is 2.43. The number of rotatable bonds is 4. The molecule has 0 fully saturated rings. The van der Waals surface area contributed by atoms with E-state index in [9.17, 15) is 4.79 Å². The minimum atomic E-state index is -0.614. The highest BCUT2D eigenvalue weighted by molar-refractivity contribution is 9.10. The van der Waals surface area contributed by atoms with E-state index >= 15 is 0 Å². The van der Waals surface area contributed by atoms with Gasteiger partial charge >= 0.3 is 0 Å². The van der Waals surface area contributed by atoms with E-state index in [0.29, 0.717) is 16.5 Å². The Morgan fingerprint density at radius 3 is 2.60 bits per heavy atom. The SMILES string of the molecule is CC(Oc1ccccc1)C(=O)Nc1ccc(Br)cc1Cl. The molecule has 1 amide bonds. The molecule has 0 aliphatic rings. The summed E-state index contributed by atoms with van der Waals surface area (Å²) in [5.41, 5.74) is 0.559. The first-order valence-electron chi connectivity index (χ1n) is 6.04. The van der Waals surface area contributed by atoms with Crippen molar-refractivity contribution in [3.8, 4) is 5.75 Å². The zero-order valence-electron chi connectivity index (χ0n) is 10.8. The summed E-state index contributed by atoms with van der Waals surface area (Å²) in [7, 11) is 0. The Morgan fingerprint density at radius 1 is 1.25 bits per heavy atom. The summed E-state index contributed by atoms with van der Waals surface area (Å²) in [5.74, 6) is 0.398. The zero-order chi connectivity index (χ0) is 14.5. The van der Waals surface area contributed by atoms with Gasteiger partial charge in [0.15, 0.2) is 6.10 Å². The van der Waals surface area contributed by atoms with Crippen LogP contribution >= 0.6 is 27.5 Å². The van der Waals surface area contributed by atoms with Gasteiger partial charge < -0.3 is 10.1 Å². The standard InChI is InChI=1S/C15H13BrClNO2/c1-10(20-12-5-3-2-4-6-12)15(19)18-14-8-7-11(16)9-13(14)17/h2-10H,1H3,(H,18,19). The molecule has 0 aromatic heterocycles. The van der Waals surface area contributed by atoms with Gasteiger partial charge in [-0.05, 0) is 37.3 Å². The fraction of sp³-hybridized carbons (Fsp3) is 0.133. The van der Waals surface area contributed by atoms with E-state index < -0.39 is 6.10 Å². The molecule has 0 bridgehead atoms. The third-order valence-electron chi connectivity index (χ3n) is 2.61. The van der Waals surface area contributed by atoms with Crippen LogP contribution in [0.15, 0.2) is 53.0 Å². The summed E-state index contributed by atoms with van der Waals surface area (Å²) >= 11 is 9.37. The Labute approximate surface area is 131 Å². The smallest absolute Gasteiger partial charge is 0.265 e. The summed E-state index contributed by atoms with van der Waals surface area (Å²) in [6.07, 6.45) is -0.614. The van der Waals surface area contributed by atoms with Crippen molar-refractivity contribution < 1.29 is 9.53 Å². The fourth-order valence-electron chi connectivity index (χ4n) is 1.58. The van der Waals surface area contributed by atoms with Gasteiger partial charge in [-0.3, -0.25) is 4.79 Å². The number of anilines is 1. The lowest BCUT2D eigenvalue weighted by molar-refractivity contribution is -0.122. The second-order valence-corrected chi connectivity index (χ2v) is 5.51. The Morgan fingerprint density at radius 2 is 1.95 bits per heavy atom. The predicted octanol–water partition coefficient (Wildman–Crippen LogP) is 4.51. The summed E-state index contributed by atoms with van der Waals surface area (Å²) in [4.78, 5) is 12.0.